The van der Waals surface area contributed by atoms with E-state index in [0.717, 1.165) is 6.42 Å². The van der Waals surface area contributed by atoms with Gasteiger partial charge in [-0.05, 0) is 50.2 Å². The molecule has 0 saturated heterocycles. The average Bonchev–Trinajstić information content (AvgIpc) is 2.47. The van der Waals surface area contributed by atoms with Crippen molar-refractivity contribution >= 4 is 5.97 Å². The Hall–Kier alpha value is -1.97. The van der Waals surface area contributed by atoms with Crippen LogP contribution in [0.4, 0.5) is 0 Å². The Bertz CT molecular complexity index is 588. The van der Waals surface area contributed by atoms with Gasteiger partial charge in [-0.3, -0.25) is 4.98 Å². The summed E-state index contributed by atoms with van der Waals surface area (Å²) in [5.74, 6) is -0.446. The van der Waals surface area contributed by atoms with Gasteiger partial charge in [0.15, 0.2) is 5.69 Å². The molecule has 4 nitrogen and oxygen atoms in total. The van der Waals surface area contributed by atoms with Gasteiger partial charge < -0.3 is 4.74 Å². The molecular weight excluding hydrogens is 276 g/mol. The third-order valence-electron chi connectivity index (χ3n) is 4.14. The molecule has 0 radical (unpaired) electrons. The zero-order chi connectivity index (χ0) is 16.2. The largest absolute Gasteiger partial charge is 0.454 e. The molecule has 0 bridgehead atoms. The lowest BCUT2D eigenvalue weighted by molar-refractivity contribution is 0.0417. The summed E-state index contributed by atoms with van der Waals surface area (Å²) >= 11 is 0. The molecular formula is C18H24N2O2. The number of esters is 1. The van der Waals surface area contributed by atoms with E-state index < -0.39 is 5.97 Å². The van der Waals surface area contributed by atoms with E-state index in [4.69, 9.17) is 4.74 Å². The lowest BCUT2D eigenvalue weighted by atomic mass is 9.72. The first-order valence-electron chi connectivity index (χ1n) is 7.75. The zero-order valence-corrected chi connectivity index (χ0v) is 13.8. The highest BCUT2D eigenvalue weighted by molar-refractivity contribution is 5.86. The van der Waals surface area contributed by atoms with Crippen molar-refractivity contribution in [3.8, 4) is 0 Å². The summed E-state index contributed by atoms with van der Waals surface area (Å²) < 4.78 is 5.38. The molecule has 1 atom stereocenters. The highest BCUT2D eigenvalue weighted by atomic mass is 16.5. The SMILES string of the molecule is CC1=C(/C=C/C(C)OC(=O)c2cnccn2)C(C)(C)CCC1. The monoisotopic (exact) mass is 300 g/mol. The van der Waals surface area contributed by atoms with Crippen molar-refractivity contribution in [2.75, 3.05) is 0 Å². The van der Waals surface area contributed by atoms with E-state index in [1.807, 2.05) is 13.0 Å². The van der Waals surface area contributed by atoms with E-state index in [0.29, 0.717) is 0 Å². The van der Waals surface area contributed by atoms with E-state index in [2.05, 4.69) is 36.8 Å². The zero-order valence-electron chi connectivity index (χ0n) is 13.8. The van der Waals surface area contributed by atoms with Crippen LogP contribution in [0.3, 0.4) is 0 Å². The van der Waals surface area contributed by atoms with Crippen LogP contribution in [0.2, 0.25) is 0 Å². The van der Waals surface area contributed by atoms with Crippen LogP contribution in [0.5, 0.6) is 0 Å². The van der Waals surface area contributed by atoms with Gasteiger partial charge in [0.1, 0.15) is 6.10 Å². The van der Waals surface area contributed by atoms with Gasteiger partial charge in [-0.15, -0.1) is 0 Å². The summed E-state index contributed by atoms with van der Waals surface area (Å²) in [4.78, 5) is 19.7. The van der Waals surface area contributed by atoms with Crippen LogP contribution >= 0.6 is 0 Å². The Morgan fingerprint density at radius 3 is 2.82 bits per heavy atom. The van der Waals surface area contributed by atoms with Gasteiger partial charge in [-0.25, -0.2) is 9.78 Å². The topological polar surface area (TPSA) is 52.1 Å². The summed E-state index contributed by atoms with van der Waals surface area (Å²) in [5.41, 5.74) is 3.21. The van der Waals surface area contributed by atoms with E-state index in [9.17, 15) is 4.79 Å². The number of aromatic nitrogens is 2. The predicted octanol–water partition coefficient (Wildman–Crippen LogP) is 4.10. The molecule has 0 fully saturated rings. The van der Waals surface area contributed by atoms with Crippen LogP contribution in [0.25, 0.3) is 0 Å². The van der Waals surface area contributed by atoms with Crippen molar-refractivity contribution in [2.24, 2.45) is 5.41 Å². The molecule has 1 aliphatic rings. The van der Waals surface area contributed by atoms with Crippen molar-refractivity contribution in [1.82, 2.24) is 9.97 Å². The van der Waals surface area contributed by atoms with Gasteiger partial charge in [-0.1, -0.05) is 25.5 Å². The van der Waals surface area contributed by atoms with Crippen LogP contribution in [0, 0.1) is 5.41 Å². The third kappa shape index (κ3) is 4.03. The minimum Gasteiger partial charge on any atom is -0.454 e. The first-order valence-corrected chi connectivity index (χ1v) is 7.75. The number of ether oxygens (including phenoxy) is 1. The summed E-state index contributed by atoms with van der Waals surface area (Å²) in [6, 6.07) is 0. The quantitative estimate of drug-likeness (QED) is 0.785. The van der Waals surface area contributed by atoms with Gasteiger partial charge in [-0.2, -0.15) is 0 Å². The van der Waals surface area contributed by atoms with Gasteiger partial charge in [0.2, 0.25) is 0 Å². The van der Waals surface area contributed by atoms with Crippen LogP contribution in [-0.4, -0.2) is 22.0 Å². The van der Waals surface area contributed by atoms with Crippen LogP contribution < -0.4 is 0 Å². The number of carbonyl (C=O) groups excluding carboxylic acids is 1. The van der Waals surface area contributed by atoms with Crippen molar-refractivity contribution in [3.05, 3.63) is 47.6 Å². The number of hydrogen-bond acceptors (Lipinski definition) is 4. The molecule has 0 aromatic carbocycles. The first kappa shape index (κ1) is 16.4. The molecule has 1 aliphatic carbocycles. The highest BCUT2D eigenvalue weighted by Crippen LogP contribution is 2.40. The third-order valence-corrected chi connectivity index (χ3v) is 4.14. The van der Waals surface area contributed by atoms with E-state index in [1.165, 1.54) is 42.6 Å². The number of hydrogen-bond donors (Lipinski definition) is 0. The number of nitrogens with zero attached hydrogens (tertiary/aromatic N) is 2. The van der Waals surface area contributed by atoms with E-state index in [1.54, 1.807) is 0 Å². The predicted molar refractivity (Wildman–Crippen MR) is 86.4 cm³/mol. The fourth-order valence-electron chi connectivity index (χ4n) is 2.92. The average molecular weight is 300 g/mol. The smallest absolute Gasteiger partial charge is 0.359 e. The first-order chi connectivity index (χ1) is 10.4. The molecule has 1 unspecified atom stereocenters. The van der Waals surface area contributed by atoms with Gasteiger partial charge >= 0.3 is 5.97 Å². The van der Waals surface area contributed by atoms with Gasteiger partial charge in [0.05, 0.1) is 6.20 Å². The van der Waals surface area contributed by atoms with Gasteiger partial charge in [0.25, 0.3) is 0 Å². The Morgan fingerprint density at radius 2 is 2.18 bits per heavy atom. The molecule has 4 heteroatoms. The molecule has 0 amide bonds. The molecule has 118 valence electrons. The molecule has 22 heavy (non-hydrogen) atoms. The second-order valence-corrected chi connectivity index (χ2v) is 6.49. The maximum Gasteiger partial charge on any atom is 0.359 e. The Morgan fingerprint density at radius 1 is 1.41 bits per heavy atom. The van der Waals surface area contributed by atoms with Crippen molar-refractivity contribution in [3.63, 3.8) is 0 Å². The number of allylic oxidation sites excluding steroid dienone is 3. The summed E-state index contributed by atoms with van der Waals surface area (Å²) in [7, 11) is 0. The van der Waals surface area contributed by atoms with Crippen molar-refractivity contribution < 1.29 is 9.53 Å². The summed E-state index contributed by atoms with van der Waals surface area (Å²) in [5, 5.41) is 0. The Labute approximate surface area is 132 Å². The molecule has 0 saturated carbocycles. The van der Waals surface area contributed by atoms with Crippen molar-refractivity contribution in [1.29, 1.82) is 0 Å². The second-order valence-electron chi connectivity index (χ2n) is 6.49. The summed E-state index contributed by atoms with van der Waals surface area (Å²) in [6.07, 6.45) is 11.8. The van der Waals surface area contributed by atoms with E-state index in [-0.39, 0.29) is 17.2 Å². The fraction of sp³-hybridized carbons (Fsp3) is 0.500. The summed E-state index contributed by atoms with van der Waals surface area (Å²) in [6.45, 7) is 8.59. The maximum absolute atomic E-state index is 11.9. The number of carbonyl (C=O) groups is 1. The Balaban J connectivity index is 2.02. The molecule has 1 heterocycles. The molecule has 0 spiro atoms. The molecule has 0 N–H and O–H groups in total. The lowest BCUT2D eigenvalue weighted by Crippen LogP contribution is -2.20. The molecule has 2 rings (SSSR count). The van der Waals surface area contributed by atoms with Crippen LogP contribution in [-0.2, 0) is 4.74 Å². The second kappa shape index (κ2) is 6.86. The molecule has 1 aromatic rings. The minimum absolute atomic E-state index is 0.188. The van der Waals surface area contributed by atoms with Gasteiger partial charge in [0, 0.05) is 12.4 Å². The van der Waals surface area contributed by atoms with Crippen LogP contribution in [0.1, 0.15) is 57.4 Å². The Kier molecular flexibility index (Phi) is 5.11. The van der Waals surface area contributed by atoms with Crippen molar-refractivity contribution in [2.45, 2.75) is 53.1 Å². The number of rotatable bonds is 4. The minimum atomic E-state index is -0.446. The molecule has 1 aromatic heterocycles. The fourth-order valence-corrected chi connectivity index (χ4v) is 2.92. The molecule has 0 aliphatic heterocycles. The van der Waals surface area contributed by atoms with Crippen LogP contribution in [0.15, 0.2) is 41.9 Å². The standard InChI is InChI=1S/C18H24N2O2/c1-13-6-5-9-18(3,4)15(13)8-7-14(2)22-17(21)16-12-19-10-11-20-16/h7-8,10-12,14H,5-6,9H2,1-4H3/b8-7+. The highest BCUT2D eigenvalue weighted by Gasteiger charge is 2.26. The maximum atomic E-state index is 11.9. The van der Waals surface area contributed by atoms with E-state index >= 15 is 0 Å². The lowest BCUT2D eigenvalue weighted by Gasteiger charge is -2.33. The normalized spacial score (nSPS) is 19.3.